The molecule has 2 N–H and O–H groups in total. The van der Waals surface area contributed by atoms with Gasteiger partial charge in [0, 0.05) is 17.8 Å². The lowest BCUT2D eigenvalue weighted by atomic mass is 10.2. The van der Waals surface area contributed by atoms with Crippen LogP contribution < -0.4 is 0 Å². The summed E-state index contributed by atoms with van der Waals surface area (Å²) in [5, 5.41) is 18.6. The van der Waals surface area contributed by atoms with Gasteiger partial charge < -0.3 is 10.2 Å². The van der Waals surface area contributed by atoms with Crippen molar-refractivity contribution < 1.29 is 23.4 Å². The molecule has 0 radical (unpaired) electrons. The summed E-state index contributed by atoms with van der Waals surface area (Å²) in [4.78, 5) is 12.0. The smallest absolute Gasteiger partial charge is 0.322 e. The van der Waals surface area contributed by atoms with Crippen LogP contribution in [-0.2, 0) is 21.2 Å². The van der Waals surface area contributed by atoms with Gasteiger partial charge in [-0.2, -0.15) is 4.31 Å². The fraction of sp³-hybridized carbons (Fsp3) is 0.545. The van der Waals surface area contributed by atoms with Crippen LogP contribution in [0.5, 0.6) is 0 Å². The van der Waals surface area contributed by atoms with Crippen LogP contribution in [0.15, 0.2) is 16.3 Å². The Kier molecular flexibility index (Phi) is 3.95. The Bertz CT molecular complexity index is 580. The number of hydrogen-bond acceptors (Lipinski definition) is 5. The van der Waals surface area contributed by atoms with Crippen molar-refractivity contribution in [1.82, 2.24) is 4.31 Å². The molecular weight excluding hydrogens is 290 g/mol. The number of aliphatic carboxylic acids is 1. The number of carboxylic acids is 1. The number of aryl methyl sites for hydroxylation is 1. The minimum absolute atomic E-state index is 0.0689. The molecule has 8 heteroatoms. The number of carboxylic acid groups (broad SMARTS) is 1. The van der Waals surface area contributed by atoms with E-state index < -0.39 is 28.1 Å². The van der Waals surface area contributed by atoms with Crippen LogP contribution in [0.25, 0.3) is 0 Å². The van der Waals surface area contributed by atoms with E-state index in [4.69, 9.17) is 5.11 Å². The maximum atomic E-state index is 12.4. The number of thiophene rings is 1. The maximum absolute atomic E-state index is 12.4. The molecule has 0 bridgehead atoms. The molecule has 0 amide bonds. The first-order valence-electron chi connectivity index (χ1n) is 5.87. The Morgan fingerprint density at radius 2 is 2.21 bits per heavy atom. The average Bonchev–Trinajstić information content (AvgIpc) is 2.94. The Labute approximate surface area is 115 Å². The summed E-state index contributed by atoms with van der Waals surface area (Å²) in [6.07, 6.45) is -0.271. The number of β-amino-alcohol motifs (C(OH)–C–C–N with tert-alkyl or cyclic N) is 1. The third-order valence-corrected chi connectivity index (χ3v) is 6.64. The van der Waals surface area contributed by atoms with Crippen molar-refractivity contribution in [2.24, 2.45) is 0 Å². The molecule has 2 atom stereocenters. The minimum Gasteiger partial charge on any atom is -0.480 e. The van der Waals surface area contributed by atoms with Gasteiger partial charge in [-0.25, -0.2) is 8.42 Å². The molecule has 1 saturated heterocycles. The minimum atomic E-state index is -3.84. The SMILES string of the molecule is CCc1ccc(S(=O)(=O)N2C[C@H](O)C[C@H]2C(=O)O)s1. The van der Waals surface area contributed by atoms with Crippen LogP contribution in [0.4, 0.5) is 0 Å². The number of sulfonamides is 1. The van der Waals surface area contributed by atoms with Gasteiger partial charge in [0.1, 0.15) is 10.3 Å². The van der Waals surface area contributed by atoms with Gasteiger partial charge in [-0.05, 0) is 18.6 Å². The predicted molar refractivity (Wildman–Crippen MR) is 69.6 cm³/mol. The van der Waals surface area contributed by atoms with Gasteiger partial charge in [-0.3, -0.25) is 4.79 Å². The standard InChI is InChI=1S/C11H15NO5S2/c1-2-8-3-4-10(18-8)19(16,17)12-6-7(13)5-9(12)11(14)15/h3-4,7,9,13H,2,5-6H2,1H3,(H,14,15)/t7-,9+/m1/s1. The highest BCUT2D eigenvalue weighted by Gasteiger charge is 2.43. The highest BCUT2D eigenvalue weighted by molar-refractivity contribution is 7.91. The number of aliphatic hydroxyl groups is 1. The Morgan fingerprint density at radius 1 is 1.53 bits per heavy atom. The quantitative estimate of drug-likeness (QED) is 0.845. The van der Waals surface area contributed by atoms with Gasteiger partial charge in [0.05, 0.1) is 6.10 Å². The molecule has 0 unspecified atom stereocenters. The van der Waals surface area contributed by atoms with E-state index in [1.165, 1.54) is 6.07 Å². The van der Waals surface area contributed by atoms with E-state index in [1.54, 1.807) is 6.07 Å². The average molecular weight is 305 g/mol. The van der Waals surface area contributed by atoms with Crippen molar-refractivity contribution in [3.05, 3.63) is 17.0 Å². The lowest BCUT2D eigenvalue weighted by Crippen LogP contribution is -2.40. The van der Waals surface area contributed by atoms with Crippen LogP contribution in [0, 0.1) is 0 Å². The number of carbonyl (C=O) groups is 1. The van der Waals surface area contributed by atoms with E-state index >= 15 is 0 Å². The van der Waals surface area contributed by atoms with Gasteiger partial charge in [0.25, 0.3) is 10.0 Å². The number of hydrogen-bond donors (Lipinski definition) is 2. The molecule has 1 aromatic rings. The zero-order valence-electron chi connectivity index (χ0n) is 10.3. The van der Waals surface area contributed by atoms with Gasteiger partial charge in [-0.15, -0.1) is 11.3 Å². The van der Waals surface area contributed by atoms with E-state index in [9.17, 15) is 18.3 Å². The fourth-order valence-electron chi connectivity index (χ4n) is 2.08. The first-order chi connectivity index (χ1) is 8.86. The van der Waals surface area contributed by atoms with Gasteiger partial charge in [-0.1, -0.05) is 6.92 Å². The third-order valence-electron chi connectivity index (χ3n) is 3.07. The Balaban J connectivity index is 2.35. The van der Waals surface area contributed by atoms with Crippen molar-refractivity contribution in [2.75, 3.05) is 6.54 Å². The summed E-state index contributed by atoms with van der Waals surface area (Å²) in [7, 11) is -3.84. The lowest BCUT2D eigenvalue weighted by molar-refractivity contribution is -0.140. The Hall–Kier alpha value is -0.960. The highest BCUT2D eigenvalue weighted by Crippen LogP contribution is 2.30. The van der Waals surface area contributed by atoms with Gasteiger partial charge >= 0.3 is 5.97 Å². The second-order valence-corrected chi connectivity index (χ2v) is 7.68. The zero-order chi connectivity index (χ0) is 14.2. The molecule has 0 aromatic carbocycles. The van der Waals surface area contributed by atoms with Crippen molar-refractivity contribution in [3.63, 3.8) is 0 Å². The monoisotopic (exact) mass is 305 g/mol. The van der Waals surface area contributed by atoms with Gasteiger partial charge in [0.15, 0.2) is 0 Å². The number of aliphatic hydroxyl groups excluding tert-OH is 1. The number of nitrogens with zero attached hydrogens (tertiary/aromatic N) is 1. The van der Waals surface area contributed by atoms with E-state index in [0.29, 0.717) is 0 Å². The first-order valence-corrected chi connectivity index (χ1v) is 8.13. The third kappa shape index (κ3) is 2.66. The van der Waals surface area contributed by atoms with Crippen LogP contribution >= 0.6 is 11.3 Å². The van der Waals surface area contributed by atoms with Crippen LogP contribution in [0.2, 0.25) is 0 Å². The van der Waals surface area contributed by atoms with E-state index in [1.807, 2.05) is 6.92 Å². The molecule has 19 heavy (non-hydrogen) atoms. The summed E-state index contributed by atoms with van der Waals surface area (Å²) in [6.45, 7) is 1.75. The highest BCUT2D eigenvalue weighted by atomic mass is 32.2. The van der Waals surface area contributed by atoms with Crippen molar-refractivity contribution in [1.29, 1.82) is 0 Å². The summed E-state index contributed by atoms with van der Waals surface area (Å²) >= 11 is 1.14. The number of rotatable bonds is 4. The molecule has 1 aliphatic heterocycles. The topological polar surface area (TPSA) is 94.9 Å². The first kappa shape index (κ1) is 14.4. The zero-order valence-corrected chi connectivity index (χ0v) is 11.9. The summed E-state index contributed by atoms with van der Waals surface area (Å²) < 4.78 is 25.8. The molecule has 6 nitrogen and oxygen atoms in total. The van der Waals surface area contributed by atoms with Crippen molar-refractivity contribution in [3.8, 4) is 0 Å². The van der Waals surface area contributed by atoms with E-state index in [-0.39, 0.29) is 17.2 Å². The lowest BCUT2D eigenvalue weighted by Gasteiger charge is -2.19. The van der Waals surface area contributed by atoms with Crippen molar-refractivity contribution >= 4 is 27.3 Å². The molecule has 0 aliphatic carbocycles. The molecule has 2 rings (SSSR count). The van der Waals surface area contributed by atoms with Crippen LogP contribution in [0.3, 0.4) is 0 Å². The molecular formula is C11H15NO5S2. The largest absolute Gasteiger partial charge is 0.480 e. The second-order valence-electron chi connectivity index (χ2n) is 4.39. The molecule has 106 valence electrons. The van der Waals surface area contributed by atoms with Gasteiger partial charge in [0.2, 0.25) is 0 Å². The summed E-state index contributed by atoms with van der Waals surface area (Å²) in [5.41, 5.74) is 0. The molecule has 1 aliphatic rings. The van der Waals surface area contributed by atoms with Crippen molar-refractivity contribution in [2.45, 2.75) is 36.1 Å². The normalized spacial score (nSPS) is 24.7. The molecule has 1 aromatic heterocycles. The molecule has 1 fully saturated rings. The van der Waals surface area contributed by atoms with E-state index in [2.05, 4.69) is 0 Å². The van der Waals surface area contributed by atoms with E-state index in [0.717, 1.165) is 26.9 Å². The second kappa shape index (κ2) is 5.20. The molecule has 0 spiro atoms. The summed E-state index contributed by atoms with van der Waals surface area (Å²) in [6, 6.07) is 2.02. The molecule has 0 saturated carbocycles. The van der Waals surface area contributed by atoms with Crippen LogP contribution in [-0.4, -0.2) is 47.6 Å². The summed E-state index contributed by atoms with van der Waals surface area (Å²) in [5.74, 6) is -1.23. The maximum Gasteiger partial charge on any atom is 0.322 e. The fourth-order valence-corrected chi connectivity index (χ4v) is 5.13. The molecule has 2 heterocycles. The predicted octanol–water partition coefficient (Wildman–Crippen LogP) is 0.519. The van der Waals surface area contributed by atoms with Crippen LogP contribution in [0.1, 0.15) is 18.2 Å². The Morgan fingerprint density at radius 3 is 2.74 bits per heavy atom.